The summed E-state index contributed by atoms with van der Waals surface area (Å²) in [4.78, 5) is 0. The van der Waals surface area contributed by atoms with Crippen LogP contribution < -0.4 is 0 Å². The Labute approximate surface area is 81.4 Å². The molecule has 79 valence electrons. The highest BCUT2D eigenvalue weighted by Gasteiger charge is 1.89. The highest BCUT2D eigenvalue weighted by atomic mass is 16.5. The third-order valence-corrected chi connectivity index (χ3v) is 1.53. The zero-order valence-corrected chi connectivity index (χ0v) is 8.59. The normalized spacial score (nSPS) is 10.6. The second-order valence-corrected chi connectivity index (χ2v) is 2.69. The van der Waals surface area contributed by atoms with Crippen LogP contribution in [0.25, 0.3) is 0 Å². The second kappa shape index (κ2) is 11.9. The van der Waals surface area contributed by atoms with Gasteiger partial charge in [-0.3, -0.25) is 0 Å². The van der Waals surface area contributed by atoms with Crippen molar-refractivity contribution in [2.24, 2.45) is 0 Å². The molecule has 0 saturated carbocycles. The van der Waals surface area contributed by atoms with E-state index in [1.165, 1.54) is 6.42 Å². The molecular weight excluding hydrogens is 168 g/mol. The Morgan fingerprint density at radius 3 is 1.92 bits per heavy atom. The molecule has 0 N–H and O–H groups in total. The summed E-state index contributed by atoms with van der Waals surface area (Å²) in [6, 6.07) is 0. The Hall–Kier alpha value is -0.120. The molecule has 3 heteroatoms. The molecule has 0 aliphatic rings. The molecule has 0 heterocycles. The topological polar surface area (TPSA) is 27.7 Å². The first kappa shape index (κ1) is 12.9. The summed E-state index contributed by atoms with van der Waals surface area (Å²) < 4.78 is 15.5. The van der Waals surface area contributed by atoms with Crippen molar-refractivity contribution < 1.29 is 14.2 Å². The van der Waals surface area contributed by atoms with E-state index in [0.717, 1.165) is 13.0 Å². The molecule has 0 spiro atoms. The van der Waals surface area contributed by atoms with E-state index < -0.39 is 0 Å². The van der Waals surface area contributed by atoms with Gasteiger partial charge in [0.15, 0.2) is 0 Å². The zero-order valence-electron chi connectivity index (χ0n) is 8.59. The van der Waals surface area contributed by atoms with E-state index in [1.807, 2.05) is 0 Å². The van der Waals surface area contributed by atoms with E-state index in [2.05, 4.69) is 13.8 Å². The van der Waals surface area contributed by atoms with E-state index in [9.17, 15) is 0 Å². The van der Waals surface area contributed by atoms with Crippen molar-refractivity contribution in [3.8, 4) is 0 Å². The van der Waals surface area contributed by atoms with E-state index in [1.54, 1.807) is 0 Å². The maximum atomic E-state index is 5.30. The van der Waals surface area contributed by atoms with Crippen molar-refractivity contribution in [1.82, 2.24) is 0 Å². The Balaban J connectivity index is 2.76. The lowest BCUT2D eigenvalue weighted by Crippen LogP contribution is -2.09. The van der Waals surface area contributed by atoms with Crippen LogP contribution in [0.15, 0.2) is 0 Å². The molecule has 0 rings (SSSR count). The van der Waals surface area contributed by atoms with E-state index >= 15 is 0 Å². The van der Waals surface area contributed by atoms with Gasteiger partial charge in [-0.15, -0.1) is 0 Å². The summed E-state index contributed by atoms with van der Waals surface area (Å²) in [6.45, 7) is 9.65. The van der Waals surface area contributed by atoms with Crippen LogP contribution in [0.1, 0.15) is 19.8 Å². The summed E-state index contributed by atoms with van der Waals surface area (Å²) in [5.41, 5.74) is 0. The Bertz CT molecular complexity index is 76.2. The van der Waals surface area contributed by atoms with Gasteiger partial charge in [0.25, 0.3) is 0 Å². The van der Waals surface area contributed by atoms with E-state index in [4.69, 9.17) is 14.2 Å². The zero-order chi connectivity index (χ0) is 9.78. The lowest BCUT2D eigenvalue weighted by atomic mass is 10.4. The molecule has 0 saturated heterocycles. The minimum Gasteiger partial charge on any atom is -0.379 e. The number of unbranched alkanes of at least 4 members (excludes halogenated alkanes) is 1. The average molecular weight is 189 g/mol. The molecule has 0 unspecified atom stereocenters. The lowest BCUT2D eigenvalue weighted by molar-refractivity contribution is 0.0187. The van der Waals surface area contributed by atoms with Gasteiger partial charge in [0.1, 0.15) is 0 Å². The monoisotopic (exact) mass is 189 g/mol. The predicted molar refractivity (Wildman–Crippen MR) is 52.7 cm³/mol. The standard InChI is InChI=1S/C10H21O3/c1-3-5-6-12-9-10-13-8-7-11-4-2/h2-10H2,1H3. The first-order valence-electron chi connectivity index (χ1n) is 4.94. The fourth-order valence-electron chi connectivity index (χ4n) is 0.788. The van der Waals surface area contributed by atoms with Gasteiger partial charge in [-0.1, -0.05) is 13.3 Å². The SMILES string of the molecule is [CH2]COCCOCCOCCCC. The third kappa shape index (κ3) is 11.9. The van der Waals surface area contributed by atoms with Gasteiger partial charge < -0.3 is 14.2 Å². The molecule has 1 radical (unpaired) electrons. The van der Waals surface area contributed by atoms with Crippen molar-refractivity contribution in [3.63, 3.8) is 0 Å². The van der Waals surface area contributed by atoms with Crippen LogP contribution in [0.4, 0.5) is 0 Å². The summed E-state index contributed by atoms with van der Waals surface area (Å²) in [6.07, 6.45) is 2.31. The second-order valence-electron chi connectivity index (χ2n) is 2.69. The molecule has 0 atom stereocenters. The molecule has 0 amide bonds. The smallest absolute Gasteiger partial charge is 0.0701 e. The van der Waals surface area contributed by atoms with Gasteiger partial charge >= 0.3 is 0 Å². The van der Waals surface area contributed by atoms with Crippen molar-refractivity contribution in [2.75, 3.05) is 39.6 Å². The fourth-order valence-corrected chi connectivity index (χ4v) is 0.788. The van der Waals surface area contributed by atoms with Crippen LogP contribution in [0.2, 0.25) is 0 Å². The molecule has 0 fully saturated rings. The molecule has 0 aromatic rings. The molecule has 0 bridgehead atoms. The number of hydrogen-bond donors (Lipinski definition) is 0. The Morgan fingerprint density at radius 2 is 1.38 bits per heavy atom. The maximum Gasteiger partial charge on any atom is 0.0701 e. The molecule has 0 aliphatic carbocycles. The lowest BCUT2D eigenvalue weighted by Gasteiger charge is -2.05. The number of rotatable bonds is 10. The van der Waals surface area contributed by atoms with Gasteiger partial charge in [0.05, 0.1) is 26.4 Å². The number of ether oxygens (including phenoxy) is 3. The fraction of sp³-hybridized carbons (Fsp3) is 0.900. The van der Waals surface area contributed by atoms with Crippen molar-refractivity contribution >= 4 is 0 Å². The summed E-state index contributed by atoms with van der Waals surface area (Å²) in [7, 11) is 0. The van der Waals surface area contributed by atoms with Gasteiger partial charge in [-0.05, 0) is 13.3 Å². The van der Waals surface area contributed by atoms with E-state index in [-0.39, 0.29) is 0 Å². The van der Waals surface area contributed by atoms with Gasteiger partial charge in [0, 0.05) is 13.2 Å². The van der Waals surface area contributed by atoms with Crippen LogP contribution in [0, 0.1) is 6.92 Å². The molecule has 0 aliphatic heterocycles. The maximum absolute atomic E-state index is 5.30. The predicted octanol–water partition coefficient (Wildman–Crippen LogP) is 1.67. The van der Waals surface area contributed by atoms with Crippen molar-refractivity contribution in [3.05, 3.63) is 6.92 Å². The molecule has 3 nitrogen and oxygen atoms in total. The molecule has 0 aromatic heterocycles. The van der Waals surface area contributed by atoms with Crippen molar-refractivity contribution in [2.45, 2.75) is 19.8 Å². The molecule has 0 aromatic carbocycles. The van der Waals surface area contributed by atoms with Crippen LogP contribution >= 0.6 is 0 Å². The van der Waals surface area contributed by atoms with Crippen LogP contribution in [0.3, 0.4) is 0 Å². The summed E-state index contributed by atoms with van der Waals surface area (Å²) in [5.74, 6) is 0. The number of hydrogen-bond acceptors (Lipinski definition) is 3. The highest BCUT2D eigenvalue weighted by Crippen LogP contribution is 1.87. The van der Waals surface area contributed by atoms with Gasteiger partial charge in [0.2, 0.25) is 0 Å². The summed E-state index contributed by atoms with van der Waals surface area (Å²) in [5, 5.41) is 0. The van der Waals surface area contributed by atoms with Crippen LogP contribution in [0.5, 0.6) is 0 Å². The van der Waals surface area contributed by atoms with Gasteiger partial charge in [-0.25, -0.2) is 0 Å². The highest BCUT2D eigenvalue weighted by molar-refractivity contribution is 4.35. The molecule has 13 heavy (non-hydrogen) atoms. The first-order chi connectivity index (χ1) is 6.41. The van der Waals surface area contributed by atoms with E-state index in [0.29, 0.717) is 33.0 Å². The Morgan fingerprint density at radius 1 is 0.846 bits per heavy atom. The average Bonchev–Trinajstić information content (AvgIpc) is 2.16. The van der Waals surface area contributed by atoms with Gasteiger partial charge in [-0.2, -0.15) is 0 Å². The molecular formula is C10H21O3. The van der Waals surface area contributed by atoms with Crippen LogP contribution in [-0.4, -0.2) is 39.6 Å². The minimum atomic E-state index is 0.510. The quantitative estimate of drug-likeness (QED) is 0.489. The summed E-state index contributed by atoms with van der Waals surface area (Å²) >= 11 is 0. The third-order valence-electron chi connectivity index (χ3n) is 1.53. The Kier molecular flexibility index (Phi) is 11.8. The minimum absolute atomic E-state index is 0.510. The van der Waals surface area contributed by atoms with Crippen LogP contribution in [-0.2, 0) is 14.2 Å². The first-order valence-corrected chi connectivity index (χ1v) is 4.94. The largest absolute Gasteiger partial charge is 0.379 e. The van der Waals surface area contributed by atoms with Crippen molar-refractivity contribution in [1.29, 1.82) is 0 Å².